The number of nitrogens with one attached hydrogen (secondary N) is 1. The molecule has 0 spiro atoms. The fourth-order valence-corrected chi connectivity index (χ4v) is 2.24. The van der Waals surface area contributed by atoms with Gasteiger partial charge in [0.15, 0.2) is 0 Å². The quantitative estimate of drug-likeness (QED) is 0.795. The fourth-order valence-electron chi connectivity index (χ4n) is 1.81. The number of aromatic nitrogens is 1. The van der Waals surface area contributed by atoms with E-state index in [1.165, 1.54) is 5.56 Å². The molecular weight excluding hydrogens is 312 g/mol. The molecule has 0 saturated heterocycles. The zero-order valence-electron chi connectivity index (χ0n) is 10.0. The highest BCUT2D eigenvalue weighted by Gasteiger charge is 2.09. The minimum Gasteiger partial charge on any atom is -0.377 e. The summed E-state index contributed by atoms with van der Waals surface area (Å²) in [6.07, 6.45) is 2.80. The molecule has 0 amide bonds. The smallest absolute Gasteiger partial charge is 0.106 e. The van der Waals surface area contributed by atoms with E-state index >= 15 is 0 Å². The van der Waals surface area contributed by atoms with Gasteiger partial charge in [0, 0.05) is 5.02 Å². The third-order valence-corrected chi connectivity index (χ3v) is 3.43. The first kappa shape index (κ1) is 13.4. The van der Waals surface area contributed by atoms with E-state index in [9.17, 15) is 0 Å². The van der Waals surface area contributed by atoms with Crippen LogP contribution in [0.4, 0.5) is 5.69 Å². The standard InChI is InChI=1S/C14H14BrClN2/c1-2-13(10-4-3-5-11(16)8-10)18-12-6-7-14(15)17-9-12/h3-9,13,18H,2H2,1H3. The van der Waals surface area contributed by atoms with Gasteiger partial charge in [-0.05, 0) is 52.2 Å². The van der Waals surface area contributed by atoms with Gasteiger partial charge in [0.25, 0.3) is 0 Å². The van der Waals surface area contributed by atoms with Crippen molar-refractivity contribution in [2.45, 2.75) is 19.4 Å². The summed E-state index contributed by atoms with van der Waals surface area (Å²) in [4.78, 5) is 4.21. The van der Waals surface area contributed by atoms with Crippen LogP contribution in [0, 0.1) is 0 Å². The normalized spacial score (nSPS) is 12.2. The number of benzene rings is 1. The molecule has 1 aromatic carbocycles. The van der Waals surface area contributed by atoms with Crippen LogP contribution in [0.15, 0.2) is 47.2 Å². The summed E-state index contributed by atoms with van der Waals surface area (Å²) in [5.41, 5.74) is 2.19. The van der Waals surface area contributed by atoms with E-state index in [0.29, 0.717) is 0 Å². The Morgan fingerprint density at radius 2 is 2.17 bits per heavy atom. The van der Waals surface area contributed by atoms with Crippen LogP contribution >= 0.6 is 27.5 Å². The van der Waals surface area contributed by atoms with Gasteiger partial charge in [0.05, 0.1) is 17.9 Å². The number of nitrogens with zero attached hydrogens (tertiary/aromatic N) is 1. The van der Waals surface area contributed by atoms with E-state index in [-0.39, 0.29) is 6.04 Å². The summed E-state index contributed by atoms with van der Waals surface area (Å²) in [5, 5.41) is 4.22. The van der Waals surface area contributed by atoms with Crippen molar-refractivity contribution in [3.63, 3.8) is 0 Å². The molecule has 2 nitrogen and oxygen atoms in total. The van der Waals surface area contributed by atoms with Gasteiger partial charge < -0.3 is 5.32 Å². The molecule has 4 heteroatoms. The Bertz CT molecular complexity index is 513. The molecule has 1 heterocycles. The van der Waals surface area contributed by atoms with Crippen LogP contribution in [0.1, 0.15) is 24.9 Å². The zero-order valence-corrected chi connectivity index (χ0v) is 12.4. The first-order valence-corrected chi connectivity index (χ1v) is 6.99. The van der Waals surface area contributed by atoms with Crippen molar-refractivity contribution >= 4 is 33.2 Å². The first-order chi connectivity index (χ1) is 8.69. The van der Waals surface area contributed by atoms with E-state index in [2.05, 4.69) is 39.2 Å². The molecule has 0 saturated carbocycles. The Morgan fingerprint density at radius 1 is 1.33 bits per heavy atom. The summed E-state index contributed by atoms with van der Waals surface area (Å²) in [7, 11) is 0. The Labute approximate surface area is 121 Å². The van der Waals surface area contributed by atoms with E-state index in [1.807, 2.05) is 36.5 Å². The van der Waals surface area contributed by atoms with Crippen LogP contribution in [0.2, 0.25) is 5.02 Å². The molecule has 1 unspecified atom stereocenters. The van der Waals surface area contributed by atoms with E-state index in [4.69, 9.17) is 11.6 Å². The maximum absolute atomic E-state index is 6.02. The summed E-state index contributed by atoms with van der Waals surface area (Å²) in [5.74, 6) is 0. The molecule has 1 atom stereocenters. The van der Waals surface area contributed by atoms with Gasteiger partial charge in [0.2, 0.25) is 0 Å². The minimum absolute atomic E-state index is 0.242. The van der Waals surface area contributed by atoms with Crippen molar-refractivity contribution in [3.05, 3.63) is 57.8 Å². The van der Waals surface area contributed by atoms with Crippen LogP contribution in [0.25, 0.3) is 0 Å². The second-order valence-corrected chi connectivity index (χ2v) is 5.28. The average molecular weight is 326 g/mol. The predicted molar refractivity (Wildman–Crippen MR) is 80.0 cm³/mol. The largest absolute Gasteiger partial charge is 0.377 e. The lowest BCUT2D eigenvalue weighted by Crippen LogP contribution is -2.09. The highest BCUT2D eigenvalue weighted by atomic mass is 79.9. The van der Waals surface area contributed by atoms with Crippen molar-refractivity contribution in [2.24, 2.45) is 0 Å². The molecule has 2 rings (SSSR count). The van der Waals surface area contributed by atoms with Gasteiger partial charge in [-0.1, -0.05) is 30.7 Å². The van der Waals surface area contributed by atoms with Crippen LogP contribution in [0.5, 0.6) is 0 Å². The lowest BCUT2D eigenvalue weighted by molar-refractivity contribution is 0.748. The molecule has 0 aliphatic heterocycles. The Balaban J connectivity index is 2.17. The number of hydrogen-bond acceptors (Lipinski definition) is 2. The third kappa shape index (κ3) is 3.47. The van der Waals surface area contributed by atoms with E-state index < -0.39 is 0 Å². The molecule has 1 N–H and O–H groups in total. The van der Waals surface area contributed by atoms with Crippen LogP contribution in [0.3, 0.4) is 0 Å². The highest BCUT2D eigenvalue weighted by molar-refractivity contribution is 9.10. The first-order valence-electron chi connectivity index (χ1n) is 5.82. The van der Waals surface area contributed by atoms with E-state index in [1.54, 1.807) is 0 Å². The van der Waals surface area contributed by atoms with Crippen molar-refractivity contribution in [3.8, 4) is 0 Å². The molecule has 18 heavy (non-hydrogen) atoms. The second-order valence-electron chi connectivity index (χ2n) is 4.03. The van der Waals surface area contributed by atoms with Crippen molar-refractivity contribution in [1.82, 2.24) is 4.98 Å². The Hall–Kier alpha value is -1.06. The second kappa shape index (κ2) is 6.21. The summed E-state index contributed by atoms with van der Waals surface area (Å²) in [6, 6.07) is 12.1. The van der Waals surface area contributed by atoms with Crippen LogP contribution in [-0.2, 0) is 0 Å². The molecule has 1 aromatic heterocycles. The lowest BCUT2D eigenvalue weighted by atomic mass is 10.0. The summed E-state index contributed by atoms with van der Waals surface area (Å²) < 4.78 is 0.837. The molecule has 0 fully saturated rings. The average Bonchev–Trinajstić information content (AvgIpc) is 2.38. The van der Waals surface area contributed by atoms with Gasteiger partial charge >= 0.3 is 0 Å². The molecular formula is C14H14BrClN2. The number of pyridine rings is 1. The Morgan fingerprint density at radius 3 is 2.78 bits per heavy atom. The maximum Gasteiger partial charge on any atom is 0.106 e. The molecule has 2 aromatic rings. The number of anilines is 1. The zero-order chi connectivity index (χ0) is 13.0. The maximum atomic E-state index is 6.02. The van der Waals surface area contributed by atoms with E-state index in [0.717, 1.165) is 21.7 Å². The molecule has 0 radical (unpaired) electrons. The van der Waals surface area contributed by atoms with Gasteiger partial charge in [-0.3, -0.25) is 0 Å². The highest BCUT2D eigenvalue weighted by Crippen LogP contribution is 2.24. The molecule has 0 aliphatic rings. The van der Waals surface area contributed by atoms with Crippen molar-refractivity contribution in [1.29, 1.82) is 0 Å². The van der Waals surface area contributed by atoms with Gasteiger partial charge in [0.1, 0.15) is 4.60 Å². The SMILES string of the molecule is CCC(Nc1ccc(Br)nc1)c1cccc(Cl)c1. The van der Waals surface area contributed by atoms with Crippen molar-refractivity contribution < 1.29 is 0 Å². The van der Waals surface area contributed by atoms with Gasteiger partial charge in [-0.15, -0.1) is 0 Å². The van der Waals surface area contributed by atoms with Crippen LogP contribution in [-0.4, -0.2) is 4.98 Å². The van der Waals surface area contributed by atoms with Crippen LogP contribution < -0.4 is 5.32 Å². The molecule has 0 aliphatic carbocycles. The Kier molecular flexibility index (Phi) is 4.61. The lowest BCUT2D eigenvalue weighted by Gasteiger charge is -2.18. The molecule has 94 valence electrons. The third-order valence-electron chi connectivity index (χ3n) is 2.73. The number of rotatable bonds is 4. The predicted octanol–water partition coefficient (Wildman–Crippen LogP) is 5.06. The number of hydrogen-bond donors (Lipinski definition) is 1. The topological polar surface area (TPSA) is 24.9 Å². The van der Waals surface area contributed by atoms with Crippen molar-refractivity contribution in [2.75, 3.05) is 5.32 Å². The van der Waals surface area contributed by atoms with Gasteiger partial charge in [-0.25, -0.2) is 4.98 Å². The van der Waals surface area contributed by atoms with Gasteiger partial charge in [-0.2, -0.15) is 0 Å². The minimum atomic E-state index is 0.242. The monoisotopic (exact) mass is 324 g/mol. The summed E-state index contributed by atoms with van der Waals surface area (Å²) >= 11 is 9.35. The fraction of sp³-hybridized carbons (Fsp3) is 0.214. The number of halogens is 2. The summed E-state index contributed by atoms with van der Waals surface area (Å²) in [6.45, 7) is 2.14. The molecule has 0 bridgehead atoms.